The summed E-state index contributed by atoms with van der Waals surface area (Å²) in [6.45, 7) is 2.17. The lowest BCUT2D eigenvalue weighted by Crippen LogP contribution is -2.51. The lowest BCUT2D eigenvalue weighted by Gasteiger charge is -2.26. The molecule has 0 spiro atoms. The summed E-state index contributed by atoms with van der Waals surface area (Å²) < 4.78 is 50.7. The Balaban J connectivity index is 2.11. The standard InChI is InChI=1S/C23H20BrClF3N3O5/c1-3-35-19(32)22(20(33)36-4-2)12-31(21(34)29-15-8-6-14(24)7-9-15)30-18(22)13-5-10-16(17(25)11-13)23(26,27)28/h5-11H,3-4,12H2,1-2H3,(H,29,34). The highest BCUT2D eigenvalue weighted by molar-refractivity contribution is 9.10. The van der Waals surface area contributed by atoms with Crippen LogP contribution in [0.4, 0.5) is 23.7 Å². The van der Waals surface area contributed by atoms with Gasteiger partial charge in [0.25, 0.3) is 0 Å². The van der Waals surface area contributed by atoms with E-state index in [2.05, 4.69) is 26.3 Å². The van der Waals surface area contributed by atoms with Crippen LogP contribution in [0.5, 0.6) is 0 Å². The molecule has 1 aliphatic heterocycles. The van der Waals surface area contributed by atoms with Crippen molar-refractivity contribution in [3.63, 3.8) is 0 Å². The summed E-state index contributed by atoms with van der Waals surface area (Å²) in [5.74, 6) is -2.14. The van der Waals surface area contributed by atoms with Crippen LogP contribution < -0.4 is 5.32 Å². The minimum atomic E-state index is -4.73. The van der Waals surface area contributed by atoms with Gasteiger partial charge in [0, 0.05) is 15.7 Å². The van der Waals surface area contributed by atoms with Gasteiger partial charge in [-0.25, -0.2) is 9.80 Å². The molecule has 2 amide bonds. The van der Waals surface area contributed by atoms with E-state index in [0.717, 1.165) is 21.6 Å². The van der Waals surface area contributed by atoms with Crippen LogP contribution in [0.3, 0.4) is 0 Å². The molecule has 36 heavy (non-hydrogen) atoms. The van der Waals surface area contributed by atoms with Crippen molar-refractivity contribution in [2.45, 2.75) is 20.0 Å². The normalized spacial score (nSPS) is 14.8. The lowest BCUT2D eigenvalue weighted by atomic mass is 9.79. The molecule has 0 radical (unpaired) electrons. The number of hydrazone groups is 1. The number of carbonyl (C=O) groups excluding carboxylic acids is 3. The van der Waals surface area contributed by atoms with Crippen LogP contribution >= 0.6 is 27.5 Å². The van der Waals surface area contributed by atoms with Crippen LogP contribution in [0.1, 0.15) is 25.0 Å². The number of benzene rings is 2. The third-order valence-corrected chi connectivity index (χ3v) is 5.98. The predicted octanol–water partition coefficient (Wildman–Crippen LogP) is 5.49. The summed E-state index contributed by atoms with van der Waals surface area (Å²) in [4.78, 5) is 39.3. The summed E-state index contributed by atoms with van der Waals surface area (Å²) >= 11 is 9.16. The number of nitrogens with one attached hydrogen (secondary N) is 1. The first kappa shape index (κ1) is 27.5. The number of rotatable bonds is 6. The molecule has 0 fully saturated rings. The molecule has 1 heterocycles. The average molecular weight is 591 g/mol. The van der Waals surface area contributed by atoms with Gasteiger partial charge in [0.2, 0.25) is 5.41 Å². The number of amides is 2. The number of anilines is 1. The van der Waals surface area contributed by atoms with Gasteiger partial charge in [0.1, 0.15) is 0 Å². The smallest absolute Gasteiger partial charge is 0.417 e. The van der Waals surface area contributed by atoms with E-state index in [9.17, 15) is 27.6 Å². The molecular formula is C23H20BrClF3N3O5. The lowest BCUT2D eigenvalue weighted by molar-refractivity contribution is -0.166. The van der Waals surface area contributed by atoms with Gasteiger partial charge in [-0.05, 0) is 50.2 Å². The summed E-state index contributed by atoms with van der Waals surface area (Å²) in [5, 5.41) is 6.87. The summed E-state index contributed by atoms with van der Waals surface area (Å²) in [6, 6.07) is 8.39. The first-order valence-corrected chi connectivity index (χ1v) is 11.8. The molecule has 192 valence electrons. The number of alkyl halides is 3. The molecule has 0 atom stereocenters. The molecule has 8 nitrogen and oxygen atoms in total. The zero-order valence-electron chi connectivity index (χ0n) is 19.0. The van der Waals surface area contributed by atoms with Crippen molar-refractivity contribution < 1.29 is 37.0 Å². The number of halogens is 5. The van der Waals surface area contributed by atoms with Crippen LogP contribution in [-0.2, 0) is 25.2 Å². The molecule has 2 aromatic rings. The number of urea groups is 1. The molecule has 0 saturated carbocycles. The third-order valence-electron chi connectivity index (χ3n) is 5.14. The van der Waals surface area contributed by atoms with Gasteiger partial charge in [-0.1, -0.05) is 33.6 Å². The van der Waals surface area contributed by atoms with Crippen LogP contribution in [0.2, 0.25) is 5.02 Å². The fraction of sp³-hybridized carbons (Fsp3) is 0.304. The van der Waals surface area contributed by atoms with E-state index in [0.29, 0.717) is 11.8 Å². The van der Waals surface area contributed by atoms with Crippen molar-refractivity contribution in [3.8, 4) is 0 Å². The maximum Gasteiger partial charge on any atom is 0.417 e. The summed E-state index contributed by atoms with van der Waals surface area (Å²) in [6.07, 6.45) is -4.73. The highest BCUT2D eigenvalue weighted by Gasteiger charge is 2.59. The monoisotopic (exact) mass is 589 g/mol. The maximum atomic E-state index is 13.2. The Labute approximate surface area is 217 Å². The molecule has 0 bridgehead atoms. The van der Waals surface area contributed by atoms with Crippen molar-refractivity contribution >= 4 is 56.9 Å². The van der Waals surface area contributed by atoms with Crippen LogP contribution in [-0.4, -0.2) is 48.4 Å². The van der Waals surface area contributed by atoms with Gasteiger partial charge < -0.3 is 14.8 Å². The predicted molar refractivity (Wildman–Crippen MR) is 129 cm³/mol. The van der Waals surface area contributed by atoms with Crippen LogP contribution in [0.15, 0.2) is 52.0 Å². The fourth-order valence-corrected chi connectivity index (χ4v) is 4.04. The average Bonchev–Trinajstić information content (AvgIpc) is 3.22. The topological polar surface area (TPSA) is 97.3 Å². The quantitative estimate of drug-likeness (QED) is 0.355. The second kappa shape index (κ2) is 10.9. The maximum absolute atomic E-state index is 13.2. The van der Waals surface area contributed by atoms with Crippen molar-refractivity contribution in [1.82, 2.24) is 5.01 Å². The number of hydrogen-bond donors (Lipinski definition) is 1. The number of ether oxygens (including phenoxy) is 2. The molecule has 0 unspecified atom stereocenters. The van der Waals surface area contributed by atoms with Gasteiger partial charge in [0.05, 0.1) is 36.1 Å². The molecular weight excluding hydrogens is 571 g/mol. The minimum Gasteiger partial charge on any atom is -0.465 e. The van der Waals surface area contributed by atoms with Crippen LogP contribution in [0.25, 0.3) is 0 Å². The highest BCUT2D eigenvalue weighted by Crippen LogP contribution is 2.39. The number of nitrogens with zero attached hydrogens (tertiary/aromatic N) is 2. The Kier molecular flexibility index (Phi) is 8.29. The van der Waals surface area contributed by atoms with Gasteiger partial charge in [-0.2, -0.15) is 18.3 Å². The number of esters is 2. The Hall–Kier alpha value is -3.12. The first-order valence-electron chi connectivity index (χ1n) is 10.6. The highest BCUT2D eigenvalue weighted by atomic mass is 79.9. The van der Waals surface area contributed by atoms with Gasteiger partial charge in [0.15, 0.2) is 0 Å². The number of carbonyl (C=O) groups is 3. The van der Waals surface area contributed by atoms with E-state index in [-0.39, 0.29) is 24.5 Å². The second-order valence-electron chi connectivity index (χ2n) is 7.48. The summed E-state index contributed by atoms with van der Waals surface area (Å²) in [5.41, 5.74) is -3.41. The summed E-state index contributed by atoms with van der Waals surface area (Å²) in [7, 11) is 0. The Morgan fingerprint density at radius 1 is 1.08 bits per heavy atom. The van der Waals surface area contributed by atoms with Gasteiger partial charge in [-0.3, -0.25) is 9.59 Å². The molecule has 0 aliphatic carbocycles. The van der Waals surface area contributed by atoms with E-state index < -0.39 is 46.7 Å². The zero-order chi connectivity index (χ0) is 26.7. The SMILES string of the molecule is CCOC(=O)C1(C(=O)OCC)CN(C(=O)Nc2ccc(Br)cc2)N=C1c1ccc(C(F)(F)F)c(Cl)c1. The Morgan fingerprint density at radius 2 is 1.67 bits per heavy atom. The molecule has 3 rings (SSSR count). The first-order chi connectivity index (χ1) is 16.9. The largest absolute Gasteiger partial charge is 0.465 e. The van der Waals surface area contributed by atoms with E-state index in [1.807, 2.05) is 0 Å². The molecule has 1 aliphatic rings. The molecule has 1 N–H and O–H groups in total. The van der Waals surface area contributed by atoms with Crippen molar-refractivity contribution in [2.75, 3.05) is 25.1 Å². The van der Waals surface area contributed by atoms with Gasteiger partial charge in [-0.15, -0.1) is 0 Å². The fourth-order valence-electron chi connectivity index (χ4n) is 3.49. The Bertz CT molecular complexity index is 1190. The molecule has 13 heteroatoms. The van der Waals surface area contributed by atoms with Gasteiger partial charge >= 0.3 is 24.1 Å². The van der Waals surface area contributed by atoms with E-state index in [1.165, 1.54) is 13.8 Å². The third kappa shape index (κ3) is 5.49. The van der Waals surface area contributed by atoms with E-state index in [4.69, 9.17) is 21.1 Å². The van der Waals surface area contributed by atoms with Crippen molar-refractivity contribution in [2.24, 2.45) is 10.5 Å². The molecule has 0 saturated heterocycles. The Morgan fingerprint density at radius 3 is 2.17 bits per heavy atom. The second-order valence-corrected chi connectivity index (χ2v) is 8.80. The van der Waals surface area contributed by atoms with Crippen molar-refractivity contribution in [1.29, 1.82) is 0 Å². The molecule has 2 aromatic carbocycles. The minimum absolute atomic E-state index is 0.0898. The molecule has 0 aromatic heterocycles. The van der Waals surface area contributed by atoms with Crippen molar-refractivity contribution in [3.05, 3.63) is 63.1 Å². The zero-order valence-corrected chi connectivity index (χ0v) is 21.3. The number of hydrogen-bond acceptors (Lipinski definition) is 6. The van der Waals surface area contributed by atoms with E-state index in [1.54, 1.807) is 24.3 Å². The van der Waals surface area contributed by atoms with E-state index >= 15 is 0 Å². The van der Waals surface area contributed by atoms with Crippen LogP contribution in [0, 0.1) is 5.41 Å².